The van der Waals surface area contributed by atoms with Gasteiger partial charge >= 0.3 is 0 Å². The summed E-state index contributed by atoms with van der Waals surface area (Å²) in [7, 11) is 0. The summed E-state index contributed by atoms with van der Waals surface area (Å²) in [5.41, 5.74) is 0. The highest BCUT2D eigenvalue weighted by Gasteiger charge is 2.55. The zero-order valence-electron chi connectivity index (χ0n) is 28.8. The van der Waals surface area contributed by atoms with E-state index in [-0.39, 0.29) is 6.42 Å². The number of ether oxygens (including phenoxy) is 7. The summed E-state index contributed by atoms with van der Waals surface area (Å²) < 4.78 is 40.0. The van der Waals surface area contributed by atoms with E-state index in [4.69, 9.17) is 33.2 Å². The summed E-state index contributed by atoms with van der Waals surface area (Å²) in [5.74, 6) is -1.54. The van der Waals surface area contributed by atoms with Gasteiger partial charge in [-0.1, -0.05) is 13.3 Å². The second kappa shape index (κ2) is 19.5. The Kier molecular flexibility index (Phi) is 16.3. The number of rotatable bonds is 15. The fraction of sp³-hybridized carbons (Fsp3) is 0.968. The van der Waals surface area contributed by atoms with Crippen molar-refractivity contribution in [2.45, 2.75) is 150 Å². The van der Waals surface area contributed by atoms with Crippen molar-refractivity contribution in [3.63, 3.8) is 0 Å². The van der Waals surface area contributed by atoms with Crippen molar-refractivity contribution in [3.05, 3.63) is 0 Å². The van der Waals surface area contributed by atoms with Crippen LogP contribution in [0, 0.1) is 5.92 Å². The molecule has 304 valence electrons. The number of hydrogen-bond donors (Lipinski definition) is 13. The molecule has 3 saturated heterocycles. The molecule has 8 unspecified atom stereocenters. The van der Waals surface area contributed by atoms with E-state index in [0.717, 1.165) is 13.3 Å². The summed E-state index contributed by atoms with van der Waals surface area (Å²) >= 11 is 0. The zero-order chi connectivity index (χ0) is 38.4. The number of amides is 1. The summed E-state index contributed by atoms with van der Waals surface area (Å²) in [4.78, 5) is 12.2. The fourth-order valence-corrected chi connectivity index (χ4v) is 6.89. The molecule has 0 radical (unpaired) electrons. The van der Waals surface area contributed by atoms with Crippen molar-refractivity contribution in [3.8, 4) is 0 Å². The van der Waals surface area contributed by atoms with Crippen LogP contribution in [0.2, 0.25) is 0 Å². The van der Waals surface area contributed by atoms with Crippen LogP contribution >= 0.6 is 0 Å². The maximum Gasteiger partial charge on any atom is 0.217 e. The molecular weight excluding hydrogens is 706 g/mol. The largest absolute Gasteiger partial charge is 0.396 e. The number of hydrogen-bond acceptors (Lipinski definition) is 20. The predicted molar refractivity (Wildman–Crippen MR) is 167 cm³/mol. The number of aliphatic hydroxyl groups is 12. The fourth-order valence-electron chi connectivity index (χ4n) is 6.89. The molecule has 1 aliphatic carbocycles. The highest BCUT2D eigenvalue weighted by molar-refractivity contribution is 5.73. The molecule has 4 aliphatic rings. The molecule has 52 heavy (non-hydrogen) atoms. The van der Waals surface area contributed by atoms with E-state index in [1.165, 1.54) is 0 Å². The maximum atomic E-state index is 12.2. The lowest BCUT2D eigenvalue weighted by Gasteiger charge is -2.50. The van der Waals surface area contributed by atoms with Gasteiger partial charge in [-0.25, -0.2) is 0 Å². The number of unbranched alkanes of at least 4 members (excludes halogenated alkanes) is 1. The van der Waals surface area contributed by atoms with Gasteiger partial charge in [-0.3, -0.25) is 4.79 Å². The first-order valence-corrected chi connectivity index (χ1v) is 17.4. The maximum absolute atomic E-state index is 12.2. The Morgan fingerprint density at radius 3 is 1.75 bits per heavy atom. The van der Waals surface area contributed by atoms with Crippen molar-refractivity contribution in [2.75, 3.05) is 33.0 Å². The Labute approximate surface area is 299 Å². The molecule has 0 aromatic heterocycles. The van der Waals surface area contributed by atoms with Crippen LogP contribution in [0.1, 0.15) is 33.1 Å². The Balaban J connectivity index is 1.53. The summed E-state index contributed by atoms with van der Waals surface area (Å²) in [6, 6.07) is -1.58. The van der Waals surface area contributed by atoms with Crippen molar-refractivity contribution in [2.24, 2.45) is 5.92 Å². The number of carbonyl (C=O) groups is 1. The summed E-state index contributed by atoms with van der Waals surface area (Å²) in [6.45, 7) is 0.320. The zero-order valence-corrected chi connectivity index (χ0v) is 28.8. The van der Waals surface area contributed by atoms with Gasteiger partial charge in [0.1, 0.15) is 85.4 Å². The number of carbonyl (C=O) groups excluding carboxylic acids is 1. The van der Waals surface area contributed by atoms with E-state index < -0.39 is 155 Å². The van der Waals surface area contributed by atoms with Gasteiger partial charge < -0.3 is 99.8 Å². The molecule has 1 amide bonds. The first-order chi connectivity index (χ1) is 24.7. The second-order valence-corrected chi connectivity index (χ2v) is 13.6. The minimum absolute atomic E-state index is 0.0685. The van der Waals surface area contributed by atoms with E-state index in [2.05, 4.69) is 5.32 Å². The van der Waals surface area contributed by atoms with Gasteiger partial charge in [0.2, 0.25) is 5.91 Å². The van der Waals surface area contributed by atoms with Crippen LogP contribution < -0.4 is 5.32 Å². The Bertz CT molecular complexity index is 1090. The average molecular weight is 762 g/mol. The Morgan fingerprint density at radius 2 is 1.17 bits per heavy atom. The van der Waals surface area contributed by atoms with Gasteiger partial charge in [0.05, 0.1) is 32.0 Å². The molecule has 3 heterocycles. The standard InChI is InChI=1S/C31H55NO20/c1-3-4-5-46-13-6-12(7-33)26(23(43)18(13)38)50-31-25(45)28(20(40)15(9-35)48-31)52-29-17(32-11(2)37)21(41)27(16(10-36)49-29)51-30-24(44)22(42)19(39)14(8-34)47-30/h12-31,33-36,38-45H,3-10H2,1-2H3,(H,32,37)/t12?,13-,14?,15?,16?,17+,18-,19+,20+,21?,22?,23?,24+,25+,26-,27-,28?,29+,30+,31+/m1/s1. The molecule has 0 spiro atoms. The van der Waals surface area contributed by atoms with Gasteiger partial charge in [-0.2, -0.15) is 0 Å². The highest BCUT2D eigenvalue weighted by Crippen LogP contribution is 2.36. The van der Waals surface area contributed by atoms with Gasteiger partial charge in [-0.15, -0.1) is 0 Å². The van der Waals surface area contributed by atoms with Gasteiger partial charge in [0, 0.05) is 26.1 Å². The summed E-state index contributed by atoms with van der Waals surface area (Å²) in [6.07, 6.45) is -27.8. The van der Waals surface area contributed by atoms with Crippen LogP contribution in [-0.2, 0) is 38.0 Å². The molecule has 21 nitrogen and oxygen atoms in total. The average Bonchev–Trinajstić information content (AvgIpc) is 3.12. The lowest BCUT2D eigenvalue weighted by molar-refractivity contribution is -0.373. The van der Waals surface area contributed by atoms with E-state index in [0.29, 0.717) is 13.0 Å². The second-order valence-electron chi connectivity index (χ2n) is 13.6. The highest BCUT2D eigenvalue weighted by atomic mass is 16.8. The van der Waals surface area contributed by atoms with Crippen molar-refractivity contribution < 1.29 is 99.2 Å². The van der Waals surface area contributed by atoms with Gasteiger partial charge in [-0.05, 0) is 12.8 Å². The van der Waals surface area contributed by atoms with Crippen molar-refractivity contribution in [1.29, 1.82) is 0 Å². The van der Waals surface area contributed by atoms with Crippen LogP contribution in [0.15, 0.2) is 0 Å². The molecule has 0 aromatic carbocycles. The first-order valence-electron chi connectivity index (χ1n) is 17.4. The normalized spacial score (nSPS) is 47.3. The molecular formula is C31H55NO20. The van der Waals surface area contributed by atoms with Crippen LogP contribution in [-0.4, -0.2) is 217 Å². The SMILES string of the molecule is CCCCO[C@@H]1CC(CO)[C@@H](O[C@@H]2OC(CO)[C@H](O)C(O[C@@H]3OC(CO)[C@@H](O[C@@H]4OC(CO)[C@H](O)C(O)[C@@H]4O)C(O)[C@@H]3NC(C)=O)[C@@H]2O)C(O)[C@@H]1O. The molecule has 13 N–H and O–H groups in total. The lowest BCUT2D eigenvalue weighted by Crippen LogP contribution is -2.69. The van der Waals surface area contributed by atoms with Crippen LogP contribution in [0.5, 0.6) is 0 Å². The quantitative estimate of drug-likeness (QED) is 0.0689. The third-order valence-electron chi connectivity index (χ3n) is 9.90. The first kappa shape index (κ1) is 43.4. The minimum atomic E-state index is -1.94. The van der Waals surface area contributed by atoms with E-state index in [9.17, 15) is 66.1 Å². The van der Waals surface area contributed by atoms with Crippen LogP contribution in [0.25, 0.3) is 0 Å². The third kappa shape index (κ3) is 9.56. The number of nitrogens with one attached hydrogen (secondary N) is 1. The molecule has 3 aliphatic heterocycles. The molecule has 21 heteroatoms. The molecule has 0 aromatic rings. The van der Waals surface area contributed by atoms with Crippen LogP contribution in [0.3, 0.4) is 0 Å². The van der Waals surface area contributed by atoms with Gasteiger partial charge in [0.25, 0.3) is 0 Å². The smallest absolute Gasteiger partial charge is 0.217 e. The predicted octanol–water partition coefficient (Wildman–Crippen LogP) is -7.12. The van der Waals surface area contributed by atoms with E-state index in [1.54, 1.807) is 0 Å². The molecule has 4 fully saturated rings. The lowest BCUT2D eigenvalue weighted by atomic mass is 9.81. The number of aliphatic hydroxyl groups excluding tert-OH is 12. The Morgan fingerprint density at radius 1 is 0.615 bits per heavy atom. The van der Waals surface area contributed by atoms with E-state index in [1.807, 2.05) is 6.92 Å². The van der Waals surface area contributed by atoms with Crippen LogP contribution in [0.4, 0.5) is 0 Å². The monoisotopic (exact) mass is 761 g/mol. The Hall–Kier alpha value is -1.29. The molecule has 4 rings (SSSR count). The van der Waals surface area contributed by atoms with Crippen molar-refractivity contribution in [1.82, 2.24) is 5.32 Å². The summed E-state index contributed by atoms with van der Waals surface area (Å²) in [5, 5.41) is 129. The third-order valence-corrected chi connectivity index (χ3v) is 9.90. The minimum Gasteiger partial charge on any atom is -0.396 e. The molecule has 20 atom stereocenters. The topological polar surface area (TPSA) is 336 Å². The molecule has 1 saturated carbocycles. The van der Waals surface area contributed by atoms with E-state index >= 15 is 0 Å². The van der Waals surface area contributed by atoms with Crippen molar-refractivity contribution >= 4 is 5.91 Å². The van der Waals surface area contributed by atoms with Gasteiger partial charge in [0.15, 0.2) is 18.9 Å². The molecule has 0 bridgehead atoms.